The van der Waals surface area contributed by atoms with Crippen LogP contribution in [0.2, 0.25) is 0 Å². The van der Waals surface area contributed by atoms with Gasteiger partial charge in [-0.15, -0.1) is 0 Å². The number of pyridine rings is 1. The van der Waals surface area contributed by atoms with E-state index in [9.17, 15) is 4.79 Å². The highest BCUT2D eigenvalue weighted by Crippen LogP contribution is 2.20. The standard InChI is InChI=1S/C6H8BNO3.C6H12O4/c1-11-6-4-5(7(9)10)2-3-8-6;1-5(2,9)6(3,10)4(7)8/h2-4,9-10H,1H3;9-10H,1-3H3,(H,7,8). The van der Waals surface area contributed by atoms with E-state index in [0.29, 0.717) is 11.3 Å². The third kappa shape index (κ3) is 5.68. The number of carboxylic acids is 1. The Hall–Kier alpha value is -1.68. The molecule has 0 bridgehead atoms. The fraction of sp³-hybridized carbons (Fsp3) is 0.500. The summed E-state index contributed by atoms with van der Waals surface area (Å²) in [5.41, 5.74) is -3.34. The van der Waals surface area contributed by atoms with E-state index in [1.54, 1.807) is 0 Å². The van der Waals surface area contributed by atoms with Gasteiger partial charge in [0.05, 0.1) is 12.7 Å². The molecule has 0 saturated heterocycles. The van der Waals surface area contributed by atoms with E-state index in [1.165, 1.54) is 39.3 Å². The number of aliphatic carboxylic acids is 1. The second kappa shape index (κ2) is 7.37. The Balaban J connectivity index is 0.000000384. The first kappa shape index (κ1) is 19.3. The molecule has 1 atom stereocenters. The van der Waals surface area contributed by atoms with Crippen molar-refractivity contribution in [1.29, 1.82) is 0 Å². The largest absolute Gasteiger partial charge is 0.488 e. The van der Waals surface area contributed by atoms with Crippen LogP contribution in [0.25, 0.3) is 0 Å². The Labute approximate surface area is 122 Å². The van der Waals surface area contributed by atoms with Gasteiger partial charge in [-0.1, -0.05) is 0 Å². The zero-order valence-corrected chi connectivity index (χ0v) is 12.3. The minimum Gasteiger partial charge on any atom is -0.481 e. The van der Waals surface area contributed by atoms with Crippen molar-refractivity contribution in [3.63, 3.8) is 0 Å². The molecule has 5 N–H and O–H groups in total. The van der Waals surface area contributed by atoms with Crippen molar-refractivity contribution in [1.82, 2.24) is 4.98 Å². The van der Waals surface area contributed by atoms with Crippen molar-refractivity contribution in [2.75, 3.05) is 7.11 Å². The molecule has 0 spiro atoms. The number of aliphatic hydroxyl groups is 2. The van der Waals surface area contributed by atoms with E-state index in [1.807, 2.05) is 0 Å². The lowest BCUT2D eigenvalue weighted by atomic mass is 9.81. The Bertz CT molecular complexity index is 471. The highest BCUT2D eigenvalue weighted by molar-refractivity contribution is 6.58. The number of hydrogen-bond acceptors (Lipinski definition) is 7. The molecule has 1 aromatic heterocycles. The molecule has 0 amide bonds. The second-order valence-corrected chi connectivity index (χ2v) is 4.94. The molecule has 0 aromatic carbocycles. The Kier molecular flexibility index (Phi) is 6.78. The van der Waals surface area contributed by atoms with Gasteiger partial charge < -0.3 is 30.1 Å². The van der Waals surface area contributed by atoms with E-state index in [-0.39, 0.29) is 0 Å². The monoisotopic (exact) mass is 301 g/mol. The van der Waals surface area contributed by atoms with E-state index >= 15 is 0 Å². The molecule has 0 fully saturated rings. The SMILES string of the molecule is CC(C)(O)C(C)(O)C(=O)O.COc1cc(B(O)O)ccn1. The van der Waals surface area contributed by atoms with Gasteiger partial charge in [-0.2, -0.15) is 0 Å². The Morgan fingerprint density at radius 1 is 1.29 bits per heavy atom. The zero-order valence-electron chi connectivity index (χ0n) is 12.3. The summed E-state index contributed by atoms with van der Waals surface area (Å²) < 4.78 is 4.77. The van der Waals surface area contributed by atoms with Gasteiger partial charge in [0.25, 0.3) is 0 Å². The summed E-state index contributed by atoms with van der Waals surface area (Å²) in [6.07, 6.45) is 1.45. The molecule has 1 unspecified atom stereocenters. The maximum Gasteiger partial charge on any atom is 0.488 e. The second-order valence-electron chi connectivity index (χ2n) is 4.94. The van der Waals surface area contributed by atoms with Crippen LogP contribution in [0.1, 0.15) is 20.8 Å². The molecule has 0 radical (unpaired) electrons. The van der Waals surface area contributed by atoms with Gasteiger partial charge in [-0.05, 0) is 32.3 Å². The van der Waals surface area contributed by atoms with Crippen LogP contribution in [0.5, 0.6) is 5.88 Å². The van der Waals surface area contributed by atoms with E-state index < -0.39 is 24.3 Å². The molecule has 0 saturated carbocycles. The molecular formula is C12H20BNO7. The molecule has 0 aliphatic heterocycles. The van der Waals surface area contributed by atoms with Crippen molar-refractivity contribution in [2.24, 2.45) is 0 Å². The van der Waals surface area contributed by atoms with Crippen LogP contribution < -0.4 is 10.2 Å². The summed E-state index contributed by atoms with van der Waals surface area (Å²) >= 11 is 0. The number of nitrogens with zero attached hydrogens (tertiary/aromatic N) is 1. The molecule has 9 heteroatoms. The summed E-state index contributed by atoms with van der Waals surface area (Å²) in [7, 11) is 0.00229. The average Bonchev–Trinajstić information content (AvgIpc) is 2.38. The highest BCUT2D eigenvalue weighted by Gasteiger charge is 2.44. The van der Waals surface area contributed by atoms with Crippen LogP contribution in [0.3, 0.4) is 0 Å². The summed E-state index contributed by atoms with van der Waals surface area (Å²) in [5, 5.41) is 44.0. The van der Waals surface area contributed by atoms with Crippen LogP contribution in [-0.4, -0.2) is 61.8 Å². The van der Waals surface area contributed by atoms with Gasteiger partial charge >= 0.3 is 13.1 Å². The number of carboxylic acid groups (broad SMARTS) is 1. The average molecular weight is 301 g/mol. The predicted molar refractivity (Wildman–Crippen MR) is 75.2 cm³/mol. The molecule has 1 aromatic rings. The topological polar surface area (TPSA) is 140 Å². The molecular weight excluding hydrogens is 281 g/mol. The first-order chi connectivity index (χ1) is 9.43. The third-order valence-electron chi connectivity index (χ3n) is 2.87. The Morgan fingerprint density at radius 3 is 2.10 bits per heavy atom. The van der Waals surface area contributed by atoms with E-state index in [0.717, 1.165) is 6.92 Å². The molecule has 0 aliphatic carbocycles. The maximum atomic E-state index is 10.3. The Morgan fingerprint density at radius 2 is 1.81 bits per heavy atom. The van der Waals surface area contributed by atoms with Crippen LogP contribution >= 0.6 is 0 Å². The van der Waals surface area contributed by atoms with E-state index in [2.05, 4.69) is 4.98 Å². The van der Waals surface area contributed by atoms with Crippen LogP contribution in [0.4, 0.5) is 0 Å². The van der Waals surface area contributed by atoms with Crippen molar-refractivity contribution in [2.45, 2.75) is 32.0 Å². The molecule has 21 heavy (non-hydrogen) atoms. The van der Waals surface area contributed by atoms with Crippen molar-refractivity contribution >= 4 is 18.6 Å². The van der Waals surface area contributed by atoms with Gasteiger partial charge in [-0.25, -0.2) is 9.78 Å². The van der Waals surface area contributed by atoms with Gasteiger partial charge in [-0.3, -0.25) is 0 Å². The molecule has 1 heterocycles. The van der Waals surface area contributed by atoms with Gasteiger partial charge in [0.15, 0.2) is 5.60 Å². The highest BCUT2D eigenvalue weighted by atomic mass is 16.5. The number of hydrogen-bond donors (Lipinski definition) is 5. The lowest BCUT2D eigenvalue weighted by Crippen LogP contribution is -2.53. The number of carbonyl (C=O) groups is 1. The number of aromatic nitrogens is 1. The molecule has 1 rings (SSSR count). The van der Waals surface area contributed by atoms with Gasteiger partial charge in [0.2, 0.25) is 5.88 Å². The normalized spacial score (nSPS) is 13.5. The van der Waals surface area contributed by atoms with Gasteiger partial charge in [0.1, 0.15) is 0 Å². The van der Waals surface area contributed by atoms with Crippen LogP contribution in [-0.2, 0) is 4.79 Å². The quantitative estimate of drug-likeness (QED) is 0.417. The number of methoxy groups -OCH3 is 1. The molecule has 118 valence electrons. The van der Waals surface area contributed by atoms with E-state index in [4.69, 9.17) is 30.1 Å². The minimum atomic E-state index is -2.09. The summed E-state index contributed by atoms with van der Waals surface area (Å²) in [6, 6.07) is 2.97. The summed E-state index contributed by atoms with van der Waals surface area (Å²) in [4.78, 5) is 14.1. The van der Waals surface area contributed by atoms with Gasteiger partial charge in [0, 0.05) is 12.3 Å². The zero-order chi connectivity index (χ0) is 16.8. The lowest BCUT2D eigenvalue weighted by molar-refractivity contribution is -0.181. The van der Waals surface area contributed by atoms with Crippen molar-refractivity contribution in [3.05, 3.63) is 18.3 Å². The maximum absolute atomic E-state index is 10.3. The molecule has 0 aliphatic rings. The summed E-state index contributed by atoms with van der Waals surface area (Å²) in [6.45, 7) is 3.53. The molecule has 8 nitrogen and oxygen atoms in total. The predicted octanol–water partition coefficient (Wildman–Crippen LogP) is -1.64. The smallest absolute Gasteiger partial charge is 0.481 e. The number of ether oxygens (including phenoxy) is 1. The summed E-state index contributed by atoms with van der Waals surface area (Å²) in [5.74, 6) is -1.06. The fourth-order valence-corrected chi connectivity index (χ4v) is 0.959. The first-order valence-electron chi connectivity index (χ1n) is 5.97. The third-order valence-corrected chi connectivity index (χ3v) is 2.87. The van der Waals surface area contributed by atoms with Crippen LogP contribution in [0.15, 0.2) is 18.3 Å². The van der Waals surface area contributed by atoms with Crippen LogP contribution in [0, 0.1) is 0 Å². The lowest BCUT2D eigenvalue weighted by Gasteiger charge is -2.30. The minimum absolute atomic E-state index is 0.371. The van der Waals surface area contributed by atoms with Crippen molar-refractivity contribution in [3.8, 4) is 5.88 Å². The fourth-order valence-electron chi connectivity index (χ4n) is 0.959. The number of rotatable bonds is 4. The van der Waals surface area contributed by atoms with Crippen molar-refractivity contribution < 1.29 is 34.9 Å². The first-order valence-corrected chi connectivity index (χ1v) is 5.97.